The molecule has 0 spiro atoms. The summed E-state index contributed by atoms with van der Waals surface area (Å²) in [7, 11) is 4.97. The summed E-state index contributed by atoms with van der Waals surface area (Å²) in [6, 6.07) is 5.71. The van der Waals surface area contributed by atoms with Gasteiger partial charge in [0.05, 0.1) is 0 Å². The standard InChI is InChI=1S/C11H16O.C9H13.2CH4O.2CH3.Si.Ti/c1-8-5-9(11(2,3)4)7-10(12)6-8;1-6-5-7(2)9(4)8(6)3;2*1-2;;;;/h5-7,12H,1-4H3;6H,1-4H3;2*2H,1H3;2*1H3;;/q;-1;;;2*-1;;. The van der Waals surface area contributed by atoms with Crippen LogP contribution in [-0.2, 0) is 24.6 Å². The molecule has 0 saturated carbocycles. The number of aliphatic hydroxyl groups excluding tert-OH is 2. The van der Waals surface area contributed by atoms with Gasteiger partial charge >= 0.3 is 26.8 Å². The topological polar surface area (TPSA) is 60.7 Å². The molecule has 0 bridgehead atoms. The minimum absolute atomic E-state index is 0. The van der Waals surface area contributed by atoms with Crippen LogP contribution < -0.4 is 0 Å². The van der Waals surface area contributed by atoms with Gasteiger partial charge in [-0.3, -0.25) is 6.08 Å². The van der Waals surface area contributed by atoms with E-state index in [2.05, 4.69) is 68.2 Å². The molecule has 1 aliphatic carbocycles. The summed E-state index contributed by atoms with van der Waals surface area (Å²) in [6.07, 6.45) is 3.36. The van der Waals surface area contributed by atoms with Crippen LogP contribution in [0, 0.1) is 33.8 Å². The Bertz CT molecular complexity index is 582. The van der Waals surface area contributed by atoms with E-state index in [-0.39, 0.29) is 20.3 Å². The van der Waals surface area contributed by atoms with E-state index < -0.39 is 0 Å². The van der Waals surface area contributed by atoms with E-state index >= 15 is 0 Å². The monoisotopic (exact) mass is 455 g/mol. The van der Waals surface area contributed by atoms with Crippen LogP contribution in [0.2, 0.25) is 0 Å². The Morgan fingerprint density at radius 2 is 1.31 bits per heavy atom. The number of phenolic OH excluding ortho intramolecular Hbond substituents is 1. The fourth-order valence-electron chi connectivity index (χ4n) is 2.36. The molecule has 1 unspecified atom stereocenters. The molecule has 0 saturated heterocycles. The summed E-state index contributed by atoms with van der Waals surface area (Å²) in [5.74, 6) is 0.921. The van der Waals surface area contributed by atoms with Crippen LogP contribution in [0.4, 0.5) is 0 Å². The van der Waals surface area contributed by atoms with Crippen molar-refractivity contribution in [2.45, 2.75) is 60.8 Å². The molecule has 1 aromatic rings. The zero-order chi connectivity index (χ0) is 22.4. The molecule has 5 heteroatoms. The van der Waals surface area contributed by atoms with Gasteiger partial charge in [0.1, 0.15) is 5.75 Å². The van der Waals surface area contributed by atoms with Crippen LogP contribution in [0.1, 0.15) is 59.6 Å². The van der Waals surface area contributed by atoms with Crippen molar-refractivity contribution < 1.29 is 34.5 Å². The van der Waals surface area contributed by atoms with Crippen LogP contribution >= 0.6 is 0 Å². The molecule has 1 aromatic carbocycles. The van der Waals surface area contributed by atoms with Gasteiger partial charge in [0.25, 0.3) is 0 Å². The van der Waals surface area contributed by atoms with Crippen molar-refractivity contribution in [1.82, 2.24) is 0 Å². The Labute approximate surface area is 195 Å². The minimum atomic E-state index is 0. The van der Waals surface area contributed by atoms with Gasteiger partial charge in [-0.2, -0.15) is 11.1 Å². The van der Waals surface area contributed by atoms with Crippen LogP contribution in [-0.4, -0.2) is 37.2 Å². The summed E-state index contributed by atoms with van der Waals surface area (Å²) in [5.41, 5.74) is 6.65. The third-order valence-electron chi connectivity index (χ3n) is 4.16. The Morgan fingerprint density at radius 1 is 0.897 bits per heavy atom. The third kappa shape index (κ3) is 15.8. The van der Waals surface area contributed by atoms with Gasteiger partial charge in [-0.25, -0.2) is 5.57 Å². The fraction of sp³-hybridized carbons (Fsp3) is 0.500. The summed E-state index contributed by atoms with van der Waals surface area (Å²) in [5, 5.41) is 23.4. The second-order valence-electron chi connectivity index (χ2n) is 7.11. The van der Waals surface area contributed by atoms with Crippen molar-refractivity contribution in [3.63, 3.8) is 0 Å². The van der Waals surface area contributed by atoms with E-state index in [4.69, 9.17) is 10.2 Å². The average Bonchev–Trinajstić information content (AvgIpc) is 2.85. The normalized spacial score (nSPS) is 13.8. The zero-order valence-corrected chi connectivity index (χ0v) is 23.2. The first-order valence-corrected chi connectivity index (χ1v) is 11.6. The number of aromatic hydroxyl groups is 1. The predicted molar refractivity (Wildman–Crippen MR) is 126 cm³/mol. The van der Waals surface area contributed by atoms with Gasteiger partial charge in [0, 0.05) is 14.2 Å². The van der Waals surface area contributed by atoms with Crippen molar-refractivity contribution in [2.24, 2.45) is 5.92 Å². The van der Waals surface area contributed by atoms with Crippen molar-refractivity contribution in [3.8, 4) is 5.75 Å². The van der Waals surface area contributed by atoms with E-state index in [0.717, 1.165) is 19.8 Å². The van der Waals surface area contributed by atoms with Crippen LogP contribution in [0.15, 0.2) is 34.9 Å². The van der Waals surface area contributed by atoms with E-state index in [1.165, 1.54) is 22.3 Å². The van der Waals surface area contributed by atoms with Gasteiger partial charge in [0.15, 0.2) is 0 Å². The van der Waals surface area contributed by atoms with E-state index in [9.17, 15) is 5.11 Å². The fourth-order valence-corrected chi connectivity index (χ4v) is 2.36. The van der Waals surface area contributed by atoms with E-state index in [1.54, 1.807) is 25.2 Å². The first-order chi connectivity index (χ1) is 12.5. The number of hydrogen-bond donors (Lipinski definition) is 3. The molecule has 0 aliphatic heterocycles. The number of rotatable bonds is 0. The summed E-state index contributed by atoms with van der Waals surface area (Å²) in [6.45, 7) is 17.1. The molecule has 0 aromatic heterocycles. The van der Waals surface area contributed by atoms with Gasteiger partial charge in [-0.05, 0) is 35.6 Å². The van der Waals surface area contributed by atoms with Gasteiger partial charge in [0.2, 0.25) is 0 Å². The second kappa shape index (κ2) is 20.6. The molecule has 3 nitrogen and oxygen atoms in total. The number of allylic oxidation sites excluding steroid dienone is 4. The number of aryl methyl sites for hydroxylation is 1. The number of aliphatic hydroxyl groups is 2. The SMILES string of the molecule is CC1=[C-]C(C)C(C)=C1C.CO.CO.Cc1cc(O)cc(C(C)(C)C)c1.[CH3-].[CH3-].[Si]=[Ti]. The molecule has 2 rings (SSSR count). The molecule has 3 N–H and O–H groups in total. The van der Waals surface area contributed by atoms with Gasteiger partial charge in [-0.15, -0.1) is 6.92 Å². The molecular formula is C24H43O3SiTi-3. The molecule has 1 aliphatic rings. The Hall–Kier alpha value is -0.649. The Kier molecular flexibility index (Phi) is 27.7. The van der Waals surface area contributed by atoms with Crippen LogP contribution in [0.5, 0.6) is 5.75 Å². The van der Waals surface area contributed by atoms with Crippen LogP contribution in [0.25, 0.3) is 0 Å². The maximum atomic E-state index is 9.36. The molecular weight excluding hydrogens is 412 g/mol. The van der Waals surface area contributed by atoms with Crippen molar-refractivity contribution in [1.29, 1.82) is 0 Å². The third-order valence-corrected chi connectivity index (χ3v) is 4.16. The molecule has 0 amide bonds. The van der Waals surface area contributed by atoms with Crippen LogP contribution in [0.3, 0.4) is 0 Å². The molecule has 168 valence electrons. The summed E-state index contributed by atoms with van der Waals surface area (Å²) in [4.78, 5) is 0. The molecule has 0 heterocycles. The summed E-state index contributed by atoms with van der Waals surface area (Å²) >= 11 is 1.81. The number of hydrogen-bond acceptors (Lipinski definition) is 3. The van der Waals surface area contributed by atoms with E-state index in [0.29, 0.717) is 11.7 Å². The zero-order valence-electron chi connectivity index (χ0n) is 20.7. The molecule has 29 heavy (non-hydrogen) atoms. The van der Waals surface area contributed by atoms with Gasteiger partial charge in [-0.1, -0.05) is 53.5 Å². The first kappa shape index (κ1) is 38.9. The van der Waals surface area contributed by atoms with Gasteiger partial charge < -0.3 is 30.2 Å². The Morgan fingerprint density at radius 3 is 1.52 bits per heavy atom. The molecule has 2 radical (unpaired) electrons. The predicted octanol–water partition coefficient (Wildman–Crippen LogP) is 5.45. The quantitative estimate of drug-likeness (QED) is 0.360. The Balaban J connectivity index is -0.000000101. The molecule has 1 atom stereocenters. The summed E-state index contributed by atoms with van der Waals surface area (Å²) < 4.78 is 0. The van der Waals surface area contributed by atoms with Crippen molar-refractivity contribution in [2.75, 3.05) is 14.2 Å². The molecule has 0 fully saturated rings. The maximum absolute atomic E-state index is 9.36. The van der Waals surface area contributed by atoms with E-state index in [1.807, 2.05) is 13.0 Å². The number of phenols is 1. The van der Waals surface area contributed by atoms with Crippen molar-refractivity contribution >= 4 is 7.63 Å². The second-order valence-corrected chi connectivity index (χ2v) is 7.11. The first-order valence-electron chi connectivity index (χ1n) is 8.75. The average molecular weight is 456 g/mol. The number of benzene rings is 1. The van der Waals surface area contributed by atoms with Crippen molar-refractivity contribution in [3.05, 3.63) is 67.0 Å².